The summed E-state index contributed by atoms with van der Waals surface area (Å²) in [5, 5.41) is 2.67. The summed E-state index contributed by atoms with van der Waals surface area (Å²) in [6.07, 6.45) is 3.10. The Morgan fingerprint density at radius 2 is 1.81 bits per heavy atom. The van der Waals surface area contributed by atoms with Crippen molar-refractivity contribution in [2.45, 2.75) is 26.8 Å². The van der Waals surface area contributed by atoms with Gasteiger partial charge in [0.1, 0.15) is 6.04 Å². The Labute approximate surface area is 125 Å². The Bertz CT molecular complexity index is 505. The maximum Gasteiger partial charge on any atom is 0.244 e. The van der Waals surface area contributed by atoms with Gasteiger partial charge in [-0.05, 0) is 44.5 Å². The Morgan fingerprint density at radius 1 is 1.24 bits per heavy atom. The molecule has 21 heavy (non-hydrogen) atoms. The third kappa shape index (κ3) is 5.30. The first-order chi connectivity index (χ1) is 9.97. The molecule has 0 heterocycles. The van der Waals surface area contributed by atoms with Crippen LogP contribution in [0.2, 0.25) is 0 Å². The highest BCUT2D eigenvalue weighted by molar-refractivity contribution is 5.95. The molecule has 0 aromatic heterocycles. The first-order valence-electron chi connectivity index (χ1n) is 7.10. The van der Waals surface area contributed by atoms with Gasteiger partial charge in [0.15, 0.2) is 0 Å². The summed E-state index contributed by atoms with van der Waals surface area (Å²) in [6, 6.07) is 6.65. The maximum atomic E-state index is 12.0. The van der Waals surface area contributed by atoms with Crippen molar-refractivity contribution < 1.29 is 9.59 Å². The van der Waals surface area contributed by atoms with E-state index in [1.165, 1.54) is 6.08 Å². The van der Waals surface area contributed by atoms with E-state index in [0.29, 0.717) is 18.8 Å². The average Bonchev–Trinajstić information content (AvgIpc) is 2.47. The SMILES string of the molecule is CCN(CC)C(=O)C(C)NC(=O)/C=C/c1ccc(N)cc1. The summed E-state index contributed by atoms with van der Waals surface area (Å²) in [6.45, 7) is 6.79. The van der Waals surface area contributed by atoms with E-state index in [0.717, 1.165) is 5.56 Å². The van der Waals surface area contributed by atoms with Gasteiger partial charge in [-0.1, -0.05) is 12.1 Å². The molecule has 0 saturated carbocycles. The summed E-state index contributed by atoms with van der Waals surface area (Å²) in [5.74, 6) is -0.367. The van der Waals surface area contributed by atoms with E-state index in [9.17, 15) is 9.59 Å². The fourth-order valence-corrected chi connectivity index (χ4v) is 1.91. The van der Waals surface area contributed by atoms with Crippen LogP contribution in [0, 0.1) is 0 Å². The Morgan fingerprint density at radius 3 is 2.33 bits per heavy atom. The number of nitrogen functional groups attached to an aromatic ring is 1. The smallest absolute Gasteiger partial charge is 0.244 e. The molecule has 0 spiro atoms. The summed E-state index contributed by atoms with van der Waals surface area (Å²) in [7, 11) is 0. The van der Waals surface area contributed by atoms with Gasteiger partial charge in [0.2, 0.25) is 11.8 Å². The van der Waals surface area contributed by atoms with Crippen LogP contribution in [0.3, 0.4) is 0 Å². The van der Waals surface area contributed by atoms with E-state index in [4.69, 9.17) is 5.73 Å². The molecule has 1 rings (SSSR count). The Balaban J connectivity index is 2.56. The summed E-state index contributed by atoms with van der Waals surface area (Å²) in [5.41, 5.74) is 7.14. The zero-order valence-corrected chi connectivity index (χ0v) is 12.8. The second-order valence-corrected chi connectivity index (χ2v) is 4.74. The molecule has 3 N–H and O–H groups in total. The number of rotatable bonds is 6. The van der Waals surface area contributed by atoms with E-state index in [1.54, 1.807) is 30.0 Å². The van der Waals surface area contributed by atoms with Crippen molar-refractivity contribution in [3.63, 3.8) is 0 Å². The van der Waals surface area contributed by atoms with Crippen LogP contribution < -0.4 is 11.1 Å². The molecule has 0 aliphatic carbocycles. The van der Waals surface area contributed by atoms with Gasteiger partial charge >= 0.3 is 0 Å². The minimum atomic E-state index is -0.534. The minimum absolute atomic E-state index is 0.0748. The second kappa shape index (κ2) is 8.09. The zero-order valence-electron chi connectivity index (χ0n) is 12.8. The Kier molecular flexibility index (Phi) is 6.46. The summed E-state index contributed by atoms with van der Waals surface area (Å²) < 4.78 is 0. The highest BCUT2D eigenvalue weighted by Crippen LogP contribution is 2.06. The van der Waals surface area contributed by atoms with Gasteiger partial charge in [0.25, 0.3) is 0 Å². The van der Waals surface area contributed by atoms with Gasteiger partial charge in [-0.3, -0.25) is 9.59 Å². The molecule has 0 bridgehead atoms. The average molecular weight is 289 g/mol. The lowest BCUT2D eigenvalue weighted by Gasteiger charge is -2.23. The van der Waals surface area contributed by atoms with Gasteiger partial charge in [-0.25, -0.2) is 0 Å². The Hall–Kier alpha value is -2.30. The molecule has 2 amide bonds. The van der Waals surface area contributed by atoms with Crippen molar-refractivity contribution in [2.75, 3.05) is 18.8 Å². The van der Waals surface area contributed by atoms with Crippen LogP contribution >= 0.6 is 0 Å². The molecular weight excluding hydrogens is 266 g/mol. The molecule has 1 aromatic rings. The van der Waals surface area contributed by atoms with Gasteiger partial charge in [0.05, 0.1) is 0 Å². The van der Waals surface area contributed by atoms with Crippen LogP contribution in [-0.2, 0) is 9.59 Å². The molecule has 5 heteroatoms. The van der Waals surface area contributed by atoms with Gasteiger partial charge in [-0.15, -0.1) is 0 Å². The number of carbonyl (C=O) groups excluding carboxylic acids is 2. The predicted molar refractivity (Wildman–Crippen MR) is 85.4 cm³/mol. The number of nitrogens with zero attached hydrogens (tertiary/aromatic N) is 1. The molecule has 5 nitrogen and oxygen atoms in total. The zero-order chi connectivity index (χ0) is 15.8. The van der Waals surface area contributed by atoms with Crippen LogP contribution in [0.15, 0.2) is 30.3 Å². The number of carbonyl (C=O) groups is 2. The van der Waals surface area contributed by atoms with Crippen molar-refractivity contribution in [3.8, 4) is 0 Å². The van der Waals surface area contributed by atoms with Gasteiger partial charge in [0, 0.05) is 24.9 Å². The highest BCUT2D eigenvalue weighted by atomic mass is 16.2. The van der Waals surface area contributed by atoms with E-state index in [2.05, 4.69) is 5.32 Å². The summed E-state index contributed by atoms with van der Waals surface area (Å²) >= 11 is 0. The monoisotopic (exact) mass is 289 g/mol. The number of hydrogen-bond acceptors (Lipinski definition) is 3. The molecule has 114 valence electrons. The number of hydrogen-bond donors (Lipinski definition) is 2. The molecule has 0 aliphatic rings. The number of anilines is 1. The fourth-order valence-electron chi connectivity index (χ4n) is 1.91. The lowest BCUT2D eigenvalue weighted by molar-refractivity contribution is -0.134. The normalized spacial score (nSPS) is 12.1. The first-order valence-corrected chi connectivity index (χ1v) is 7.10. The maximum absolute atomic E-state index is 12.0. The molecule has 1 aromatic carbocycles. The van der Waals surface area contributed by atoms with Crippen molar-refractivity contribution in [1.82, 2.24) is 10.2 Å². The lowest BCUT2D eigenvalue weighted by Crippen LogP contribution is -2.46. The van der Waals surface area contributed by atoms with Crippen LogP contribution in [0.4, 0.5) is 5.69 Å². The molecule has 0 fully saturated rings. The van der Waals surface area contributed by atoms with Crippen molar-refractivity contribution in [1.29, 1.82) is 0 Å². The second-order valence-electron chi connectivity index (χ2n) is 4.74. The highest BCUT2D eigenvalue weighted by Gasteiger charge is 2.18. The van der Waals surface area contributed by atoms with Gasteiger partial charge in [-0.2, -0.15) is 0 Å². The van der Waals surface area contributed by atoms with E-state index < -0.39 is 6.04 Å². The third-order valence-corrected chi connectivity index (χ3v) is 3.17. The molecular formula is C16H23N3O2. The van der Waals surface area contributed by atoms with Gasteiger partial charge < -0.3 is 16.0 Å². The fraction of sp³-hybridized carbons (Fsp3) is 0.375. The molecule has 0 aliphatic heterocycles. The standard InChI is InChI=1S/C16H23N3O2/c1-4-19(5-2)16(21)12(3)18-15(20)11-8-13-6-9-14(17)10-7-13/h6-12H,4-5,17H2,1-3H3,(H,18,20)/b11-8+. The molecule has 0 radical (unpaired) electrons. The van der Waals surface area contributed by atoms with Crippen LogP contribution in [0.1, 0.15) is 26.3 Å². The van der Waals surface area contributed by atoms with Crippen molar-refractivity contribution >= 4 is 23.6 Å². The van der Waals surface area contributed by atoms with Crippen molar-refractivity contribution in [3.05, 3.63) is 35.9 Å². The first kappa shape index (κ1) is 16.8. The number of nitrogens with two attached hydrogens (primary N) is 1. The number of nitrogens with one attached hydrogen (secondary N) is 1. The largest absolute Gasteiger partial charge is 0.399 e. The minimum Gasteiger partial charge on any atom is -0.399 e. The quantitative estimate of drug-likeness (QED) is 0.617. The van der Waals surface area contributed by atoms with Crippen LogP contribution in [0.5, 0.6) is 0 Å². The number of benzene rings is 1. The van der Waals surface area contributed by atoms with E-state index >= 15 is 0 Å². The summed E-state index contributed by atoms with van der Waals surface area (Å²) in [4.78, 5) is 25.5. The number of amides is 2. The topological polar surface area (TPSA) is 75.4 Å². The number of likely N-dealkylation sites (N-methyl/N-ethyl adjacent to an activating group) is 1. The third-order valence-electron chi connectivity index (χ3n) is 3.17. The van der Waals surface area contributed by atoms with Crippen LogP contribution in [-0.4, -0.2) is 35.8 Å². The van der Waals surface area contributed by atoms with Crippen molar-refractivity contribution in [2.24, 2.45) is 0 Å². The van der Waals surface area contributed by atoms with E-state index in [1.807, 2.05) is 26.0 Å². The lowest BCUT2D eigenvalue weighted by atomic mass is 10.2. The molecule has 0 saturated heterocycles. The predicted octanol–water partition coefficient (Wildman–Crippen LogP) is 1.66. The van der Waals surface area contributed by atoms with Crippen LogP contribution in [0.25, 0.3) is 6.08 Å². The molecule has 1 unspecified atom stereocenters. The molecule has 1 atom stereocenters. The van der Waals surface area contributed by atoms with E-state index in [-0.39, 0.29) is 11.8 Å².